The van der Waals surface area contributed by atoms with Crippen molar-refractivity contribution in [1.82, 2.24) is 15.1 Å². The Labute approximate surface area is 137 Å². The van der Waals surface area contributed by atoms with Crippen molar-refractivity contribution in [3.05, 3.63) is 17.0 Å². The van der Waals surface area contributed by atoms with E-state index in [1.165, 1.54) is 25.6 Å². The number of carbonyl (C=O) groups is 2. The number of carbonyl (C=O) groups excluding carboxylic acids is 1. The molecule has 0 aromatic carbocycles. The number of hydrogen-bond acceptors (Lipinski definition) is 3. The summed E-state index contributed by atoms with van der Waals surface area (Å²) in [6.45, 7) is 2.93. The molecule has 1 aromatic heterocycles. The van der Waals surface area contributed by atoms with E-state index in [2.05, 4.69) is 5.10 Å². The minimum absolute atomic E-state index is 0.101. The van der Waals surface area contributed by atoms with E-state index in [0.29, 0.717) is 25.0 Å². The molecule has 24 heavy (non-hydrogen) atoms. The van der Waals surface area contributed by atoms with Gasteiger partial charge in [-0.25, -0.2) is 0 Å². The number of carboxylic acids is 1. The van der Waals surface area contributed by atoms with Crippen molar-refractivity contribution in [3.63, 3.8) is 0 Å². The van der Waals surface area contributed by atoms with Gasteiger partial charge < -0.3 is 10.4 Å². The molecule has 0 radical (unpaired) electrons. The van der Waals surface area contributed by atoms with Crippen LogP contribution in [0.15, 0.2) is 0 Å². The number of halogens is 3. The first-order chi connectivity index (χ1) is 11.0. The molecule has 1 aliphatic carbocycles. The largest absolute Gasteiger partial charge is 0.481 e. The van der Waals surface area contributed by atoms with Crippen molar-refractivity contribution in [2.24, 2.45) is 12.5 Å². The first-order valence-electron chi connectivity index (χ1n) is 7.57. The summed E-state index contributed by atoms with van der Waals surface area (Å²) in [7, 11) is 1.52. The molecule has 2 N–H and O–H groups in total. The summed E-state index contributed by atoms with van der Waals surface area (Å²) in [5, 5.41) is 15.1. The lowest BCUT2D eigenvalue weighted by atomic mass is 9.66. The Kier molecular flexibility index (Phi) is 4.65. The Morgan fingerprint density at radius 3 is 2.29 bits per heavy atom. The van der Waals surface area contributed by atoms with Gasteiger partial charge in [0.25, 0.3) is 0 Å². The predicted octanol–water partition coefficient (Wildman–Crippen LogP) is 2.40. The lowest BCUT2D eigenvalue weighted by molar-refractivity contribution is -0.167. The van der Waals surface area contributed by atoms with Gasteiger partial charge in [-0.15, -0.1) is 0 Å². The van der Waals surface area contributed by atoms with Gasteiger partial charge in [0, 0.05) is 24.7 Å². The summed E-state index contributed by atoms with van der Waals surface area (Å²) in [4.78, 5) is 23.4. The Morgan fingerprint density at radius 2 is 1.96 bits per heavy atom. The van der Waals surface area contributed by atoms with E-state index in [0.717, 1.165) is 0 Å². The first kappa shape index (κ1) is 18.3. The third kappa shape index (κ3) is 3.25. The average molecular weight is 347 g/mol. The molecule has 1 aromatic rings. The van der Waals surface area contributed by atoms with Gasteiger partial charge in [0.15, 0.2) is 6.04 Å². The fourth-order valence-corrected chi connectivity index (χ4v) is 3.11. The number of aryl methyl sites for hydroxylation is 2. The summed E-state index contributed by atoms with van der Waals surface area (Å²) in [5.41, 5.74) is -0.864. The Bertz CT molecular complexity index is 663. The fraction of sp³-hybridized carbons (Fsp3) is 0.667. The van der Waals surface area contributed by atoms with Gasteiger partial charge in [0.05, 0.1) is 11.1 Å². The molecule has 0 saturated heterocycles. The molecule has 1 heterocycles. The maximum Gasteiger partial charge on any atom is 0.413 e. The summed E-state index contributed by atoms with van der Waals surface area (Å²) < 4.78 is 41.7. The second-order valence-electron chi connectivity index (χ2n) is 6.37. The van der Waals surface area contributed by atoms with E-state index in [-0.39, 0.29) is 11.3 Å². The van der Waals surface area contributed by atoms with Crippen molar-refractivity contribution in [3.8, 4) is 0 Å². The fourth-order valence-electron chi connectivity index (χ4n) is 3.11. The van der Waals surface area contributed by atoms with Crippen LogP contribution in [-0.2, 0) is 16.6 Å². The van der Waals surface area contributed by atoms with Crippen molar-refractivity contribution in [2.45, 2.75) is 51.7 Å². The second-order valence-corrected chi connectivity index (χ2v) is 6.37. The number of rotatable bonds is 5. The molecule has 2 rings (SSSR count). The number of carboxylic acid groups (broad SMARTS) is 1. The van der Waals surface area contributed by atoms with Gasteiger partial charge in [0.1, 0.15) is 0 Å². The normalized spacial score (nSPS) is 17.9. The third-order valence-corrected chi connectivity index (χ3v) is 4.75. The zero-order valence-electron chi connectivity index (χ0n) is 13.7. The number of aromatic nitrogens is 2. The van der Waals surface area contributed by atoms with Crippen molar-refractivity contribution >= 4 is 11.9 Å². The van der Waals surface area contributed by atoms with Crippen molar-refractivity contribution in [2.75, 3.05) is 0 Å². The van der Waals surface area contributed by atoms with Gasteiger partial charge in [-0.3, -0.25) is 14.3 Å². The van der Waals surface area contributed by atoms with Gasteiger partial charge >= 0.3 is 12.1 Å². The van der Waals surface area contributed by atoms with Crippen molar-refractivity contribution in [1.29, 1.82) is 0 Å². The summed E-state index contributed by atoms with van der Waals surface area (Å²) in [6, 6.07) is -2.20. The molecule has 1 atom stereocenters. The van der Waals surface area contributed by atoms with E-state index in [4.69, 9.17) is 0 Å². The molecule has 1 fully saturated rings. The van der Waals surface area contributed by atoms with E-state index in [1.807, 2.05) is 5.32 Å². The van der Waals surface area contributed by atoms with Crippen molar-refractivity contribution < 1.29 is 27.9 Å². The van der Waals surface area contributed by atoms with Crippen LogP contribution in [0.5, 0.6) is 0 Å². The van der Waals surface area contributed by atoms with Crippen LogP contribution in [0, 0.1) is 19.3 Å². The van der Waals surface area contributed by atoms with E-state index in [9.17, 15) is 27.9 Å². The molecule has 0 spiro atoms. The summed E-state index contributed by atoms with van der Waals surface area (Å²) in [6.07, 6.45) is -3.89. The van der Waals surface area contributed by atoms with Gasteiger partial charge in [-0.1, -0.05) is 6.42 Å². The molecular formula is C15H20F3N3O3. The van der Waals surface area contributed by atoms with E-state index < -0.39 is 35.9 Å². The Morgan fingerprint density at radius 1 is 1.38 bits per heavy atom. The standard InChI is InChI=1S/C15H20F3N3O3/c1-8-11(9(2)21(3)20-8)12(15(16,17)18)19-10(22)7-14(13(23)24)5-4-6-14/h12H,4-7H2,1-3H3,(H,19,22)(H,23,24). The smallest absolute Gasteiger partial charge is 0.413 e. The maximum absolute atomic E-state index is 13.5. The highest BCUT2D eigenvalue weighted by molar-refractivity contribution is 5.86. The molecule has 1 unspecified atom stereocenters. The van der Waals surface area contributed by atoms with Gasteiger partial charge in [0.2, 0.25) is 5.91 Å². The molecule has 9 heteroatoms. The second kappa shape index (κ2) is 6.10. The highest BCUT2D eigenvalue weighted by Crippen LogP contribution is 2.44. The van der Waals surface area contributed by atoms with Crippen LogP contribution in [0.4, 0.5) is 13.2 Å². The predicted molar refractivity (Wildman–Crippen MR) is 78.2 cm³/mol. The van der Waals surface area contributed by atoms with Crippen LogP contribution in [0.2, 0.25) is 0 Å². The molecule has 0 aliphatic heterocycles. The Balaban J connectivity index is 2.24. The molecule has 1 saturated carbocycles. The number of amides is 1. The molecule has 0 bridgehead atoms. The van der Waals surface area contributed by atoms with E-state index in [1.54, 1.807) is 0 Å². The topological polar surface area (TPSA) is 84.2 Å². The zero-order valence-corrected chi connectivity index (χ0v) is 13.7. The number of aliphatic carboxylic acids is 1. The van der Waals surface area contributed by atoms with Crippen LogP contribution < -0.4 is 5.32 Å². The average Bonchev–Trinajstić information content (AvgIpc) is 2.63. The SMILES string of the molecule is Cc1nn(C)c(C)c1C(NC(=O)CC1(C(=O)O)CCC1)C(F)(F)F. The Hall–Kier alpha value is -2.06. The third-order valence-electron chi connectivity index (χ3n) is 4.75. The van der Waals surface area contributed by atoms with Crippen LogP contribution >= 0.6 is 0 Å². The molecular weight excluding hydrogens is 327 g/mol. The van der Waals surface area contributed by atoms with Crippen LogP contribution in [0.25, 0.3) is 0 Å². The lowest BCUT2D eigenvalue weighted by Crippen LogP contribution is -2.45. The zero-order chi connectivity index (χ0) is 18.3. The minimum Gasteiger partial charge on any atom is -0.481 e. The minimum atomic E-state index is -4.70. The monoisotopic (exact) mass is 347 g/mol. The van der Waals surface area contributed by atoms with Crippen LogP contribution in [0.3, 0.4) is 0 Å². The quantitative estimate of drug-likeness (QED) is 0.857. The molecule has 6 nitrogen and oxygen atoms in total. The maximum atomic E-state index is 13.5. The van der Waals surface area contributed by atoms with E-state index >= 15 is 0 Å². The number of alkyl halides is 3. The lowest BCUT2D eigenvalue weighted by Gasteiger charge is -2.37. The number of nitrogens with zero attached hydrogens (tertiary/aromatic N) is 2. The first-order valence-corrected chi connectivity index (χ1v) is 7.57. The highest BCUT2D eigenvalue weighted by Gasteiger charge is 2.48. The van der Waals surface area contributed by atoms with Crippen LogP contribution in [-0.4, -0.2) is 32.9 Å². The van der Waals surface area contributed by atoms with Crippen LogP contribution in [0.1, 0.15) is 48.7 Å². The number of hydrogen-bond donors (Lipinski definition) is 2. The molecule has 1 aliphatic rings. The molecule has 1 amide bonds. The summed E-state index contributed by atoms with van der Waals surface area (Å²) in [5.74, 6) is -2.05. The highest BCUT2D eigenvalue weighted by atomic mass is 19.4. The number of nitrogens with one attached hydrogen (secondary N) is 1. The van der Waals surface area contributed by atoms with Gasteiger partial charge in [-0.2, -0.15) is 18.3 Å². The molecule has 134 valence electrons. The van der Waals surface area contributed by atoms with Gasteiger partial charge in [-0.05, 0) is 26.7 Å². The summed E-state index contributed by atoms with van der Waals surface area (Å²) >= 11 is 0.